The fraction of sp³-hybridized carbons (Fsp3) is 0.200. The van der Waals surface area contributed by atoms with Crippen LogP contribution in [-0.4, -0.2) is 11.2 Å². The second-order valence-corrected chi connectivity index (χ2v) is 3.00. The van der Waals surface area contributed by atoms with Gasteiger partial charge in [-0.1, -0.05) is 6.07 Å². The van der Waals surface area contributed by atoms with Crippen LogP contribution in [0.25, 0.3) is 0 Å². The zero-order valence-corrected chi connectivity index (χ0v) is 8.06. The molecule has 0 aliphatic heterocycles. The lowest BCUT2D eigenvalue weighted by molar-refractivity contribution is -0.385. The third-order valence-electron chi connectivity index (χ3n) is 2.14. The lowest BCUT2D eigenvalue weighted by atomic mass is 9.99. The van der Waals surface area contributed by atoms with Crippen molar-refractivity contribution < 1.29 is 9.72 Å². The number of nitriles is 1. The van der Waals surface area contributed by atoms with Crippen LogP contribution in [0.2, 0.25) is 0 Å². The van der Waals surface area contributed by atoms with E-state index in [2.05, 4.69) is 0 Å². The topological polar surface area (TPSA) is 84.0 Å². The van der Waals surface area contributed by atoms with Gasteiger partial charge in [-0.3, -0.25) is 14.9 Å². The van der Waals surface area contributed by atoms with E-state index in [4.69, 9.17) is 5.26 Å². The predicted octanol–water partition coefficient (Wildman–Crippen LogP) is 1.78. The molecule has 76 valence electrons. The maximum atomic E-state index is 10.8. The molecular weight excluding hydrogens is 196 g/mol. The van der Waals surface area contributed by atoms with Gasteiger partial charge in [-0.15, -0.1) is 0 Å². The first kappa shape index (κ1) is 10.9. The maximum Gasteiger partial charge on any atom is 0.280 e. The predicted molar refractivity (Wildman–Crippen MR) is 52.5 cm³/mol. The van der Waals surface area contributed by atoms with Gasteiger partial charge in [-0.2, -0.15) is 5.26 Å². The molecule has 1 aromatic rings. The number of aryl methyl sites for hydroxylation is 1. The van der Waals surface area contributed by atoms with Gasteiger partial charge >= 0.3 is 0 Å². The van der Waals surface area contributed by atoms with Crippen molar-refractivity contribution in [3.05, 3.63) is 38.9 Å². The van der Waals surface area contributed by atoms with E-state index in [1.54, 1.807) is 6.92 Å². The summed E-state index contributed by atoms with van der Waals surface area (Å²) in [5.41, 5.74) is 0.897. The first-order valence-corrected chi connectivity index (χ1v) is 4.20. The van der Waals surface area contributed by atoms with Crippen molar-refractivity contribution in [2.24, 2.45) is 0 Å². The minimum Gasteiger partial charge on any atom is -0.298 e. The summed E-state index contributed by atoms with van der Waals surface area (Å²) >= 11 is 0. The number of nitrogens with zero attached hydrogens (tertiary/aromatic N) is 2. The Bertz CT molecular complexity index is 460. The number of carbonyl (C=O) groups is 1. The van der Waals surface area contributed by atoms with Crippen LogP contribution in [0.5, 0.6) is 0 Å². The summed E-state index contributed by atoms with van der Waals surface area (Å²) in [5, 5.41) is 19.2. The molecule has 0 aliphatic rings. The third kappa shape index (κ3) is 1.99. The molecule has 0 unspecified atom stereocenters. The lowest BCUT2D eigenvalue weighted by Gasteiger charge is -2.04. The number of aldehydes is 1. The van der Waals surface area contributed by atoms with Crippen LogP contribution >= 0.6 is 0 Å². The van der Waals surface area contributed by atoms with Crippen LogP contribution in [0, 0.1) is 28.4 Å². The van der Waals surface area contributed by atoms with Crippen molar-refractivity contribution in [3.63, 3.8) is 0 Å². The highest BCUT2D eigenvalue weighted by Gasteiger charge is 2.18. The van der Waals surface area contributed by atoms with Crippen molar-refractivity contribution in [2.45, 2.75) is 13.3 Å². The SMILES string of the molecule is Cc1ccc([N+](=O)[O-])c(C=O)c1CC#N. The number of nitro groups is 1. The van der Waals surface area contributed by atoms with Gasteiger partial charge in [0.1, 0.15) is 0 Å². The molecule has 0 heterocycles. The van der Waals surface area contributed by atoms with Crippen LogP contribution in [0.4, 0.5) is 5.69 Å². The molecule has 0 atom stereocenters. The molecule has 0 saturated heterocycles. The number of nitro benzene ring substituents is 1. The van der Waals surface area contributed by atoms with Crippen molar-refractivity contribution in [1.29, 1.82) is 5.26 Å². The summed E-state index contributed by atoms with van der Waals surface area (Å²) in [5.74, 6) is 0. The smallest absolute Gasteiger partial charge is 0.280 e. The van der Waals surface area contributed by atoms with Gasteiger partial charge in [0.2, 0.25) is 0 Å². The molecule has 5 nitrogen and oxygen atoms in total. The van der Waals surface area contributed by atoms with E-state index in [9.17, 15) is 14.9 Å². The zero-order chi connectivity index (χ0) is 11.4. The average Bonchev–Trinajstić information content (AvgIpc) is 2.20. The zero-order valence-electron chi connectivity index (χ0n) is 8.06. The molecule has 0 amide bonds. The molecule has 5 heteroatoms. The van der Waals surface area contributed by atoms with Crippen LogP contribution in [0.3, 0.4) is 0 Å². The van der Waals surface area contributed by atoms with Gasteiger partial charge in [0.25, 0.3) is 5.69 Å². The Hall–Kier alpha value is -2.22. The fourth-order valence-corrected chi connectivity index (χ4v) is 1.37. The quantitative estimate of drug-likeness (QED) is 0.426. The summed E-state index contributed by atoms with van der Waals surface area (Å²) in [4.78, 5) is 20.8. The summed E-state index contributed by atoms with van der Waals surface area (Å²) in [6.07, 6.45) is 0.430. The van der Waals surface area contributed by atoms with E-state index in [1.807, 2.05) is 6.07 Å². The minimum absolute atomic E-state index is 0.00144. The van der Waals surface area contributed by atoms with Gasteiger partial charge in [-0.25, -0.2) is 0 Å². The second-order valence-electron chi connectivity index (χ2n) is 3.00. The Balaban J connectivity index is 3.48. The van der Waals surface area contributed by atoms with E-state index < -0.39 is 4.92 Å². The summed E-state index contributed by atoms with van der Waals surface area (Å²) < 4.78 is 0. The highest BCUT2D eigenvalue weighted by Crippen LogP contribution is 2.23. The first-order chi connectivity index (χ1) is 7.11. The van der Waals surface area contributed by atoms with E-state index in [-0.39, 0.29) is 17.7 Å². The summed E-state index contributed by atoms with van der Waals surface area (Å²) in [7, 11) is 0. The van der Waals surface area contributed by atoms with Gasteiger partial charge in [0.05, 0.1) is 23.0 Å². The van der Waals surface area contributed by atoms with Gasteiger partial charge in [0, 0.05) is 6.07 Å². The highest BCUT2D eigenvalue weighted by molar-refractivity contribution is 5.84. The van der Waals surface area contributed by atoms with Crippen molar-refractivity contribution in [1.82, 2.24) is 0 Å². The van der Waals surface area contributed by atoms with Crippen LogP contribution in [0.15, 0.2) is 12.1 Å². The first-order valence-electron chi connectivity index (χ1n) is 4.20. The third-order valence-corrected chi connectivity index (χ3v) is 2.14. The number of benzene rings is 1. The Labute approximate surface area is 86.1 Å². The molecule has 0 fully saturated rings. The molecule has 0 spiro atoms. The molecule has 0 N–H and O–H groups in total. The van der Waals surface area contributed by atoms with E-state index in [1.165, 1.54) is 12.1 Å². The molecule has 0 bridgehead atoms. The largest absolute Gasteiger partial charge is 0.298 e. The molecule has 1 aromatic carbocycles. The fourth-order valence-electron chi connectivity index (χ4n) is 1.37. The van der Waals surface area contributed by atoms with E-state index >= 15 is 0 Å². The van der Waals surface area contributed by atoms with E-state index in [0.717, 1.165) is 0 Å². The molecule has 15 heavy (non-hydrogen) atoms. The Morgan fingerprint density at radius 3 is 2.73 bits per heavy atom. The van der Waals surface area contributed by atoms with Crippen LogP contribution in [0.1, 0.15) is 21.5 Å². The maximum absolute atomic E-state index is 10.8. The molecule has 1 rings (SSSR count). The van der Waals surface area contributed by atoms with Gasteiger partial charge < -0.3 is 0 Å². The number of hydrogen-bond acceptors (Lipinski definition) is 4. The lowest BCUT2D eigenvalue weighted by Crippen LogP contribution is -2.01. The number of carbonyl (C=O) groups excluding carboxylic acids is 1. The molecule has 0 radical (unpaired) electrons. The van der Waals surface area contributed by atoms with Crippen molar-refractivity contribution in [3.8, 4) is 6.07 Å². The van der Waals surface area contributed by atoms with Crippen molar-refractivity contribution >= 4 is 12.0 Å². The Morgan fingerprint density at radius 2 is 2.27 bits per heavy atom. The molecule has 0 saturated carbocycles. The van der Waals surface area contributed by atoms with E-state index in [0.29, 0.717) is 17.4 Å². The second kappa shape index (κ2) is 4.33. The van der Waals surface area contributed by atoms with Crippen molar-refractivity contribution in [2.75, 3.05) is 0 Å². The van der Waals surface area contributed by atoms with Gasteiger partial charge in [-0.05, 0) is 18.1 Å². The summed E-state index contributed by atoms with van der Waals surface area (Å²) in [6, 6.07) is 4.70. The standard InChI is InChI=1S/C10H8N2O3/c1-7-2-3-10(12(14)15)9(6-13)8(7)4-5-11/h2-3,6H,4H2,1H3. The van der Waals surface area contributed by atoms with Crippen LogP contribution in [-0.2, 0) is 6.42 Å². The Kier molecular flexibility index (Phi) is 3.13. The number of rotatable bonds is 3. The van der Waals surface area contributed by atoms with Gasteiger partial charge in [0.15, 0.2) is 6.29 Å². The van der Waals surface area contributed by atoms with Crippen LogP contribution < -0.4 is 0 Å². The molecule has 0 aromatic heterocycles. The minimum atomic E-state index is -0.621. The Morgan fingerprint density at radius 1 is 1.60 bits per heavy atom. The molecule has 0 aliphatic carbocycles. The number of hydrogen-bond donors (Lipinski definition) is 0. The monoisotopic (exact) mass is 204 g/mol. The molecular formula is C10H8N2O3. The normalized spacial score (nSPS) is 9.33. The average molecular weight is 204 g/mol. The summed E-state index contributed by atoms with van der Waals surface area (Å²) in [6.45, 7) is 1.71. The highest BCUT2D eigenvalue weighted by atomic mass is 16.6.